The molecule has 0 saturated carbocycles. The van der Waals surface area contributed by atoms with Crippen molar-refractivity contribution < 1.29 is 0 Å². The van der Waals surface area contributed by atoms with Gasteiger partial charge in [-0.3, -0.25) is 0 Å². The van der Waals surface area contributed by atoms with Crippen LogP contribution >= 0.6 is 0 Å². The molecule has 0 aliphatic carbocycles. The molecule has 13 heavy (non-hydrogen) atoms. The third-order valence-corrected chi connectivity index (χ3v) is 2.46. The van der Waals surface area contributed by atoms with Crippen LogP contribution in [0.1, 0.15) is 43.4 Å². The quantitative estimate of drug-likeness (QED) is 0.751. The first-order valence-electron chi connectivity index (χ1n) is 5.06. The van der Waals surface area contributed by atoms with E-state index in [1.165, 1.54) is 24.0 Å². The summed E-state index contributed by atoms with van der Waals surface area (Å²) in [5.41, 5.74) is 8.69. The molecule has 0 aliphatic heterocycles. The lowest BCUT2D eigenvalue weighted by Gasteiger charge is -2.13. The third-order valence-electron chi connectivity index (χ3n) is 2.46. The van der Waals surface area contributed by atoms with E-state index in [0.29, 0.717) is 0 Å². The van der Waals surface area contributed by atoms with Gasteiger partial charge in [0.2, 0.25) is 0 Å². The molecule has 2 N–H and O–H groups in total. The van der Waals surface area contributed by atoms with E-state index in [0.717, 1.165) is 6.42 Å². The van der Waals surface area contributed by atoms with Gasteiger partial charge in [-0.1, -0.05) is 44.0 Å². The molecule has 1 aromatic carbocycles. The topological polar surface area (TPSA) is 26.0 Å². The molecule has 1 rings (SSSR count). The Bertz CT molecular complexity index is 255. The van der Waals surface area contributed by atoms with Crippen LogP contribution in [0.2, 0.25) is 0 Å². The average Bonchev–Trinajstić information content (AvgIpc) is 2.15. The van der Waals surface area contributed by atoms with Crippen LogP contribution in [0.4, 0.5) is 0 Å². The molecule has 0 aromatic heterocycles. The van der Waals surface area contributed by atoms with Crippen molar-refractivity contribution in [3.63, 3.8) is 0 Å². The van der Waals surface area contributed by atoms with Crippen molar-refractivity contribution in [2.75, 3.05) is 0 Å². The molecule has 0 bridgehead atoms. The summed E-state index contributed by atoms with van der Waals surface area (Å²) in [5.74, 6) is 0. The van der Waals surface area contributed by atoms with E-state index < -0.39 is 0 Å². The van der Waals surface area contributed by atoms with E-state index >= 15 is 0 Å². The van der Waals surface area contributed by atoms with Gasteiger partial charge in [0.1, 0.15) is 0 Å². The molecule has 1 aromatic rings. The van der Waals surface area contributed by atoms with Gasteiger partial charge in [-0.25, -0.2) is 0 Å². The molecule has 1 unspecified atom stereocenters. The predicted octanol–water partition coefficient (Wildman–Crippen LogP) is 3.19. The Hall–Kier alpha value is -0.820. The van der Waals surface area contributed by atoms with Crippen LogP contribution in [0.25, 0.3) is 0 Å². The lowest BCUT2D eigenvalue weighted by Crippen LogP contribution is -2.11. The maximum atomic E-state index is 6.08. The van der Waals surface area contributed by atoms with Crippen LogP contribution < -0.4 is 5.73 Å². The first-order chi connectivity index (χ1) is 6.25. The summed E-state index contributed by atoms with van der Waals surface area (Å²) in [4.78, 5) is 0. The van der Waals surface area contributed by atoms with E-state index in [-0.39, 0.29) is 6.04 Å². The Morgan fingerprint density at radius 3 is 2.62 bits per heavy atom. The van der Waals surface area contributed by atoms with Crippen LogP contribution in [0.3, 0.4) is 0 Å². The highest BCUT2D eigenvalue weighted by Gasteiger charge is 2.06. The molecule has 0 spiro atoms. The Kier molecular flexibility index (Phi) is 3.97. The normalized spacial score (nSPS) is 12.8. The fourth-order valence-electron chi connectivity index (χ4n) is 1.58. The van der Waals surface area contributed by atoms with E-state index in [1.807, 2.05) is 0 Å². The van der Waals surface area contributed by atoms with Crippen LogP contribution in [0.5, 0.6) is 0 Å². The van der Waals surface area contributed by atoms with Gasteiger partial charge in [0.05, 0.1) is 0 Å². The zero-order valence-electron chi connectivity index (χ0n) is 8.59. The van der Waals surface area contributed by atoms with Gasteiger partial charge >= 0.3 is 0 Å². The average molecular weight is 177 g/mol. The monoisotopic (exact) mass is 177 g/mol. The summed E-state index contributed by atoms with van der Waals surface area (Å²) >= 11 is 0. The van der Waals surface area contributed by atoms with Crippen molar-refractivity contribution in [1.82, 2.24) is 0 Å². The van der Waals surface area contributed by atoms with Gasteiger partial charge in [-0.05, 0) is 24.5 Å². The summed E-state index contributed by atoms with van der Waals surface area (Å²) in [6.07, 6.45) is 3.54. The first-order valence-corrected chi connectivity index (χ1v) is 5.06. The Balaban J connectivity index is 2.65. The molecular formula is C12H19N. The molecule has 0 amide bonds. The van der Waals surface area contributed by atoms with Crippen molar-refractivity contribution >= 4 is 0 Å². The number of benzene rings is 1. The van der Waals surface area contributed by atoms with E-state index in [9.17, 15) is 0 Å². The van der Waals surface area contributed by atoms with Gasteiger partial charge < -0.3 is 5.73 Å². The molecule has 0 saturated heterocycles. The predicted molar refractivity (Wildman–Crippen MR) is 57.6 cm³/mol. The van der Waals surface area contributed by atoms with Gasteiger partial charge in [-0.15, -0.1) is 0 Å². The first kappa shape index (κ1) is 10.3. The number of aryl methyl sites for hydroxylation is 1. The van der Waals surface area contributed by atoms with Crippen LogP contribution in [-0.4, -0.2) is 0 Å². The van der Waals surface area contributed by atoms with E-state index in [1.54, 1.807) is 0 Å². The summed E-state index contributed by atoms with van der Waals surface area (Å²) in [6, 6.07) is 8.61. The highest BCUT2D eigenvalue weighted by molar-refractivity contribution is 5.28. The molecule has 0 aliphatic rings. The second-order valence-electron chi connectivity index (χ2n) is 3.61. The molecular weight excluding hydrogens is 158 g/mol. The number of unbranched alkanes of at least 4 members (excludes halogenated alkanes) is 1. The fourth-order valence-corrected chi connectivity index (χ4v) is 1.58. The highest BCUT2D eigenvalue weighted by atomic mass is 14.6. The number of hydrogen-bond acceptors (Lipinski definition) is 1. The summed E-state index contributed by atoms with van der Waals surface area (Å²) in [6.45, 7) is 4.33. The zero-order chi connectivity index (χ0) is 9.68. The van der Waals surface area contributed by atoms with E-state index in [4.69, 9.17) is 5.73 Å². The molecule has 0 fully saturated rings. The minimum absolute atomic E-state index is 0.223. The summed E-state index contributed by atoms with van der Waals surface area (Å²) < 4.78 is 0. The van der Waals surface area contributed by atoms with Gasteiger partial charge in [0.15, 0.2) is 0 Å². The maximum Gasteiger partial charge on any atom is 0.0297 e. The number of rotatable bonds is 4. The lowest BCUT2D eigenvalue weighted by atomic mass is 9.98. The lowest BCUT2D eigenvalue weighted by molar-refractivity contribution is 0.601. The zero-order valence-corrected chi connectivity index (χ0v) is 8.59. The number of nitrogens with two attached hydrogens (primary N) is 1. The Morgan fingerprint density at radius 2 is 2.00 bits per heavy atom. The van der Waals surface area contributed by atoms with Crippen molar-refractivity contribution in [3.05, 3.63) is 35.4 Å². The molecule has 1 heteroatoms. The van der Waals surface area contributed by atoms with Gasteiger partial charge in [0.25, 0.3) is 0 Å². The molecule has 72 valence electrons. The number of hydrogen-bond donors (Lipinski definition) is 1. The smallest absolute Gasteiger partial charge is 0.0297 e. The summed E-state index contributed by atoms with van der Waals surface area (Å²) in [5, 5.41) is 0. The third kappa shape index (κ3) is 2.85. The van der Waals surface area contributed by atoms with Crippen molar-refractivity contribution in [1.29, 1.82) is 0 Å². The van der Waals surface area contributed by atoms with Gasteiger partial charge in [0, 0.05) is 6.04 Å². The SMILES string of the molecule is CCCCC(N)c1ccccc1C. The van der Waals surface area contributed by atoms with E-state index in [2.05, 4.69) is 38.1 Å². The van der Waals surface area contributed by atoms with Crippen LogP contribution in [0, 0.1) is 6.92 Å². The second kappa shape index (κ2) is 5.03. The van der Waals surface area contributed by atoms with Crippen molar-refractivity contribution in [3.8, 4) is 0 Å². The molecule has 0 radical (unpaired) electrons. The highest BCUT2D eigenvalue weighted by Crippen LogP contribution is 2.19. The summed E-state index contributed by atoms with van der Waals surface area (Å²) in [7, 11) is 0. The minimum Gasteiger partial charge on any atom is -0.324 e. The fraction of sp³-hybridized carbons (Fsp3) is 0.500. The minimum atomic E-state index is 0.223. The van der Waals surface area contributed by atoms with Gasteiger partial charge in [-0.2, -0.15) is 0 Å². The molecule has 1 atom stereocenters. The van der Waals surface area contributed by atoms with Crippen molar-refractivity contribution in [2.24, 2.45) is 5.73 Å². The molecule has 1 nitrogen and oxygen atoms in total. The van der Waals surface area contributed by atoms with Crippen molar-refractivity contribution in [2.45, 2.75) is 39.2 Å². The standard InChI is InChI=1S/C12H19N/c1-3-4-9-12(13)11-8-6-5-7-10(11)2/h5-8,12H,3-4,9,13H2,1-2H3. The second-order valence-corrected chi connectivity index (χ2v) is 3.61. The Morgan fingerprint density at radius 1 is 1.31 bits per heavy atom. The largest absolute Gasteiger partial charge is 0.324 e. The Labute approximate surface area is 81.0 Å². The van der Waals surface area contributed by atoms with Crippen LogP contribution in [0.15, 0.2) is 24.3 Å². The van der Waals surface area contributed by atoms with Crippen LogP contribution in [-0.2, 0) is 0 Å². The maximum absolute atomic E-state index is 6.08. The molecule has 0 heterocycles.